The first-order chi connectivity index (χ1) is 14.0. The Morgan fingerprint density at radius 2 is 1.97 bits per heavy atom. The number of ether oxygens (including phenoxy) is 1. The molecule has 4 rings (SSSR count). The summed E-state index contributed by atoms with van der Waals surface area (Å²) in [6.07, 6.45) is 4.00. The molecule has 29 heavy (non-hydrogen) atoms. The maximum atomic E-state index is 12.8. The fourth-order valence-corrected chi connectivity index (χ4v) is 4.97. The van der Waals surface area contributed by atoms with Crippen LogP contribution in [0.15, 0.2) is 30.3 Å². The normalized spacial score (nSPS) is 14.8. The van der Waals surface area contributed by atoms with E-state index < -0.39 is 6.16 Å². The van der Waals surface area contributed by atoms with E-state index in [0.717, 1.165) is 47.7 Å². The van der Waals surface area contributed by atoms with Gasteiger partial charge in [0.25, 0.3) is 0 Å². The minimum Gasteiger partial charge on any atom is -0.449 e. The summed E-state index contributed by atoms with van der Waals surface area (Å²) in [5.74, 6) is 0.739. The number of hydrogen-bond donors (Lipinski definition) is 1. The van der Waals surface area contributed by atoms with Gasteiger partial charge in [0, 0.05) is 18.7 Å². The molecule has 1 aliphatic rings. The van der Waals surface area contributed by atoms with E-state index >= 15 is 0 Å². The van der Waals surface area contributed by atoms with Gasteiger partial charge in [0.15, 0.2) is 5.06 Å². The molecule has 0 spiro atoms. The molecule has 1 saturated carbocycles. The number of pyridine rings is 1. The zero-order valence-electron chi connectivity index (χ0n) is 16.4. The first-order valence-electron chi connectivity index (χ1n) is 9.74. The van der Waals surface area contributed by atoms with Crippen molar-refractivity contribution in [3.63, 3.8) is 0 Å². The Hall–Kier alpha value is -2.87. The number of rotatable bonds is 4. The quantitative estimate of drug-likeness (QED) is 0.601. The van der Waals surface area contributed by atoms with Crippen LogP contribution in [-0.2, 0) is 4.79 Å². The number of imidazole rings is 1. The molecule has 0 unspecified atom stereocenters. The molecule has 0 aliphatic heterocycles. The van der Waals surface area contributed by atoms with E-state index in [2.05, 4.69) is 0 Å². The number of anilines is 1. The molecule has 0 aromatic carbocycles. The number of carboxylic acid groups (broad SMARTS) is 1. The van der Waals surface area contributed by atoms with Gasteiger partial charge in [0.05, 0.1) is 4.88 Å². The highest BCUT2D eigenvalue weighted by atomic mass is 32.1. The van der Waals surface area contributed by atoms with Gasteiger partial charge in [-0.3, -0.25) is 14.1 Å². The summed E-state index contributed by atoms with van der Waals surface area (Å²) in [4.78, 5) is 31.2. The zero-order valence-corrected chi connectivity index (χ0v) is 17.2. The van der Waals surface area contributed by atoms with Crippen LogP contribution in [0.3, 0.4) is 0 Å². The van der Waals surface area contributed by atoms with Crippen LogP contribution < -0.4 is 9.64 Å². The summed E-state index contributed by atoms with van der Waals surface area (Å²) in [6, 6.07) is 9.40. The molecule has 8 heteroatoms. The molecular formula is C21H23N3O4S. The van der Waals surface area contributed by atoms with Gasteiger partial charge >= 0.3 is 6.16 Å². The van der Waals surface area contributed by atoms with Crippen LogP contribution in [0.25, 0.3) is 16.2 Å². The molecule has 3 aromatic rings. The summed E-state index contributed by atoms with van der Waals surface area (Å²) >= 11 is 1.21. The molecule has 1 aliphatic carbocycles. The molecule has 0 bridgehead atoms. The molecule has 0 radical (unpaired) electrons. The molecule has 3 aromatic heterocycles. The highest BCUT2D eigenvalue weighted by molar-refractivity contribution is 7.17. The van der Waals surface area contributed by atoms with Crippen molar-refractivity contribution < 1.29 is 19.4 Å². The van der Waals surface area contributed by atoms with E-state index in [9.17, 15) is 9.59 Å². The largest absolute Gasteiger partial charge is 0.512 e. The Morgan fingerprint density at radius 3 is 2.66 bits per heavy atom. The van der Waals surface area contributed by atoms with Crippen LogP contribution in [0.2, 0.25) is 0 Å². The lowest BCUT2D eigenvalue weighted by molar-refractivity contribution is -0.117. The van der Waals surface area contributed by atoms with Crippen LogP contribution in [-0.4, -0.2) is 32.6 Å². The lowest BCUT2D eigenvalue weighted by Crippen LogP contribution is -2.41. The first kappa shape index (κ1) is 19.4. The number of hydrogen-bond acceptors (Lipinski definition) is 5. The number of thiophene rings is 1. The van der Waals surface area contributed by atoms with Crippen molar-refractivity contribution >= 4 is 34.9 Å². The summed E-state index contributed by atoms with van der Waals surface area (Å²) in [7, 11) is 0. The van der Waals surface area contributed by atoms with Gasteiger partial charge in [-0.05, 0) is 44.0 Å². The molecule has 1 amide bonds. The smallest absolute Gasteiger partial charge is 0.449 e. The van der Waals surface area contributed by atoms with Gasteiger partial charge in [-0.2, -0.15) is 0 Å². The number of carbonyl (C=O) groups excluding carboxylic acids is 1. The summed E-state index contributed by atoms with van der Waals surface area (Å²) in [5.41, 5.74) is 2.41. The predicted octanol–water partition coefficient (Wildman–Crippen LogP) is 5.11. The highest BCUT2D eigenvalue weighted by Crippen LogP contribution is 2.41. The Morgan fingerprint density at radius 1 is 1.21 bits per heavy atom. The van der Waals surface area contributed by atoms with Gasteiger partial charge in [-0.25, -0.2) is 9.78 Å². The second-order valence-electron chi connectivity index (χ2n) is 7.31. The van der Waals surface area contributed by atoms with Crippen molar-refractivity contribution in [3.8, 4) is 15.6 Å². The fraction of sp³-hybridized carbons (Fsp3) is 0.381. The topological polar surface area (TPSA) is 84.1 Å². The van der Waals surface area contributed by atoms with Crippen LogP contribution in [0.5, 0.6) is 5.06 Å². The Bertz CT molecular complexity index is 1070. The number of amides is 1. The predicted molar refractivity (Wildman–Crippen MR) is 112 cm³/mol. The molecule has 3 heterocycles. The van der Waals surface area contributed by atoms with Crippen molar-refractivity contribution in [3.05, 3.63) is 36.0 Å². The Labute approximate surface area is 172 Å². The maximum absolute atomic E-state index is 12.8. The molecule has 1 fully saturated rings. The summed E-state index contributed by atoms with van der Waals surface area (Å²) in [6.45, 7) is 3.60. The fourth-order valence-electron chi connectivity index (χ4n) is 4.13. The zero-order chi connectivity index (χ0) is 20.5. The first-order valence-corrected chi connectivity index (χ1v) is 10.6. The number of carbonyl (C=O) groups is 2. The van der Waals surface area contributed by atoms with Gasteiger partial charge in [0.2, 0.25) is 5.91 Å². The highest BCUT2D eigenvalue weighted by Gasteiger charge is 2.31. The minimum atomic E-state index is -1.35. The van der Waals surface area contributed by atoms with E-state index in [1.807, 2.05) is 34.4 Å². The Kier molecular flexibility index (Phi) is 5.27. The summed E-state index contributed by atoms with van der Waals surface area (Å²) < 4.78 is 6.81. The van der Waals surface area contributed by atoms with Crippen molar-refractivity contribution in [2.24, 2.45) is 0 Å². The van der Waals surface area contributed by atoms with Crippen LogP contribution >= 0.6 is 11.3 Å². The average molecular weight is 413 g/mol. The van der Waals surface area contributed by atoms with E-state index in [1.165, 1.54) is 17.8 Å². The van der Waals surface area contributed by atoms with Gasteiger partial charge in [0.1, 0.15) is 17.2 Å². The van der Waals surface area contributed by atoms with Crippen LogP contribution in [0.4, 0.5) is 10.6 Å². The number of aryl methyl sites for hydroxylation is 1. The van der Waals surface area contributed by atoms with Gasteiger partial charge < -0.3 is 9.84 Å². The molecule has 7 nitrogen and oxygen atoms in total. The second kappa shape index (κ2) is 7.87. The third-order valence-corrected chi connectivity index (χ3v) is 6.29. The monoisotopic (exact) mass is 413 g/mol. The van der Waals surface area contributed by atoms with Crippen molar-refractivity contribution in [1.29, 1.82) is 0 Å². The summed E-state index contributed by atoms with van der Waals surface area (Å²) in [5, 5.41) is 9.17. The molecule has 1 N–H and O–H groups in total. The molecule has 0 saturated heterocycles. The molecular weight excluding hydrogens is 390 g/mol. The van der Waals surface area contributed by atoms with E-state index in [-0.39, 0.29) is 17.0 Å². The van der Waals surface area contributed by atoms with Gasteiger partial charge in [-0.15, -0.1) is 0 Å². The lowest BCUT2D eigenvalue weighted by Gasteiger charge is -2.34. The molecule has 0 atom stereocenters. The van der Waals surface area contributed by atoms with Crippen molar-refractivity contribution in [1.82, 2.24) is 9.38 Å². The van der Waals surface area contributed by atoms with E-state index in [1.54, 1.807) is 19.1 Å². The van der Waals surface area contributed by atoms with Gasteiger partial charge in [-0.1, -0.05) is 36.7 Å². The number of aromatic nitrogens is 2. The maximum Gasteiger partial charge on any atom is 0.512 e. The SMILES string of the molecule is CC(=O)N(c1c(-c2ccc(OC(=O)O)s2)nc2cccc(C)n12)C1CCCCC1. The number of fused-ring (bicyclic) bond motifs is 1. The third kappa shape index (κ3) is 3.72. The minimum absolute atomic E-state index is 0.0123. The van der Waals surface area contributed by atoms with Crippen LogP contribution in [0.1, 0.15) is 44.7 Å². The third-order valence-electron chi connectivity index (χ3n) is 5.32. The molecule has 152 valence electrons. The lowest BCUT2D eigenvalue weighted by atomic mass is 9.94. The average Bonchev–Trinajstić information content (AvgIpc) is 3.28. The van der Waals surface area contributed by atoms with E-state index in [0.29, 0.717) is 5.69 Å². The van der Waals surface area contributed by atoms with Crippen molar-refractivity contribution in [2.45, 2.75) is 52.0 Å². The van der Waals surface area contributed by atoms with E-state index in [4.69, 9.17) is 14.8 Å². The number of nitrogens with zero attached hydrogens (tertiary/aromatic N) is 3. The standard InChI is InChI=1S/C21H23N3O4S/c1-13-7-6-10-17-22-19(16-11-12-18(29-16)28-21(26)27)20(23(13)17)24(14(2)25)15-8-4-3-5-9-15/h6-7,10-12,15H,3-5,8-9H2,1-2H3,(H,26,27). The van der Waals surface area contributed by atoms with Crippen LogP contribution in [0, 0.1) is 6.92 Å². The second-order valence-corrected chi connectivity index (χ2v) is 8.36. The van der Waals surface area contributed by atoms with Crippen molar-refractivity contribution in [2.75, 3.05) is 4.90 Å². The Balaban J connectivity index is 1.90.